The number of hydrazine groups is 1. The molecule has 0 spiro atoms. The van der Waals surface area contributed by atoms with Crippen molar-refractivity contribution in [2.24, 2.45) is 0 Å². The Morgan fingerprint density at radius 1 is 0.969 bits per heavy atom. The Kier molecular flexibility index (Phi) is 13.9. The first-order valence-corrected chi connectivity index (χ1v) is 24.9. The van der Waals surface area contributed by atoms with E-state index in [2.05, 4.69) is 57.9 Å². The Morgan fingerprint density at radius 2 is 1.70 bits per heavy atom. The van der Waals surface area contributed by atoms with Gasteiger partial charge in [0.05, 0.1) is 22.8 Å². The molecule has 0 saturated carbocycles. The van der Waals surface area contributed by atoms with Gasteiger partial charge in [0, 0.05) is 43.9 Å². The molecule has 2 aromatic heterocycles. The van der Waals surface area contributed by atoms with E-state index >= 15 is 8.78 Å². The number of nitrogens with zero attached hydrogens (tertiary/aromatic N) is 6. The van der Waals surface area contributed by atoms with Gasteiger partial charge in [-0.15, -0.1) is 5.54 Å². The van der Waals surface area contributed by atoms with Crippen molar-refractivity contribution in [3.05, 3.63) is 59.6 Å². The number of hydrogen-bond acceptors (Lipinski definition) is 10. The first kappa shape index (κ1) is 47.1. The molecule has 2 aromatic carbocycles. The fourth-order valence-corrected chi connectivity index (χ4v) is 15.5. The largest absolute Gasteiger partial charge is 0.468 e. The lowest BCUT2D eigenvalue weighted by molar-refractivity contribution is 0.0232. The van der Waals surface area contributed by atoms with Gasteiger partial charge in [0.1, 0.15) is 43.1 Å². The van der Waals surface area contributed by atoms with Gasteiger partial charge in [0.2, 0.25) is 0 Å². The number of amides is 1. The first-order chi connectivity index (χ1) is 30.4. The Balaban J connectivity index is 1.46. The molecule has 5 heterocycles. The zero-order valence-electron chi connectivity index (χ0n) is 39.0. The number of halogens is 3. The van der Waals surface area contributed by atoms with Crippen molar-refractivity contribution in [3.63, 3.8) is 0 Å². The Morgan fingerprint density at radius 3 is 2.39 bits per heavy atom. The first-order valence-electron chi connectivity index (χ1n) is 22.6. The Labute approximate surface area is 376 Å². The van der Waals surface area contributed by atoms with Gasteiger partial charge in [0.15, 0.2) is 18.4 Å². The van der Waals surface area contributed by atoms with Crippen LogP contribution in [0, 0.1) is 23.1 Å². The lowest BCUT2D eigenvalue weighted by atomic mass is 9.94. The second-order valence-electron chi connectivity index (χ2n) is 19.5. The molecular formula is C49H63F3N6O5Si. The van der Waals surface area contributed by atoms with Crippen molar-refractivity contribution >= 4 is 41.7 Å². The third-order valence-corrected chi connectivity index (χ3v) is 19.5. The molecule has 11 nitrogen and oxygen atoms in total. The lowest BCUT2D eigenvalue weighted by Gasteiger charge is -2.38. The molecule has 1 atom stereocenters. The van der Waals surface area contributed by atoms with Crippen molar-refractivity contribution in [1.29, 1.82) is 0 Å². The number of anilines is 1. The minimum absolute atomic E-state index is 0.0828. The molecule has 3 saturated heterocycles. The summed E-state index contributed by atoms with van der Waals surface area (Å²) in [5.74, 6) is 2.56. The highest BCUT2D eigenvalue weighted by Gasteiger charge is 2.47. The van der Waals surface area contributed by atoms with Crippen LogP contribution < -0.4 is 14.5 Å². The predicted octanol–water partition coefficient (Wildman–Crippen LogP) is 11.3. The average molecular weight is 901 g/mol. The second-order valence-corrected chi connectivity index (χ2v) is 25.1. The molecule has 3 aliphatic rings. The SMILES string of the molecule is COCOc1cc(-c2ncc3c(N4CCCCCN4C(=O)OC(C)(C)C)nc(OCC45CCCN4C/C(=C/F)C5)nc3c2F)c2c(C#C[Si](C(C)C)(C(C)C)C(C)C)c(F)ccc2c1. The molecule has 0 N–H and O–H groups in total. The van der Waals surface area contributed by atoms with Gasteiger partial charge >= 0.3 is 12.1 Å². The summed E-state index contributed by atoms with van der Waals surface area (Å²) in [6.45, 7) is 20.7. The topological polar surface area (TPSA) is 102 Å². The van der Waals surface area contributed by atoms with Crippen LogP contribution in [0.25, 0.3) is 32.9 Å². The summed E-state index contributed by atoms with van der Waals surface area (Å²) in [6.07, 6.45) is 6.09. The fraction of sp³-hybridized carbons (Fsp3) is 0.551. The van der Waals surface area contributed by atoms with E-state index in [1.165, 1.54) is 24.4 Å². The number of pyridine rings is 1. The van der Waals surface area contributed by atoms with Crippen LogP contribution in [0.4, 0.5) is 23.8 Å². The predicted molar refractivity (Wildman–Crippen MR) is 248 cm³/mol. The maximum atomic E-state index is 18.0. The molecule has 4 aromatic rings. The molecule has 0 bridgehead atoms. The zero-order chi connectivity index (χ0) is 46.1. The monoisotopic (exact) mass is 900 g/mol. The number of carbonyl (C=O) groups excluding carboxylic acids is 1. The van der Waals surface area contributed by atoms with Gasteiger partial charge in [-0.05, 0) is 112 Å². The van der Waals surface area contributed by atoms with E-state index in [0.717, 1.165) is 32.2 Å². The number of fused-ring (bicyclic) bond motifs is 3. The van der Waals surface area contributed by atoms with Crippen LogP contribution in [-0.4, -0.2) is 96.9 Å². The summed E-state index contributed by atoms with van der Waals surface area (Å²) < 4.78 is 71.7. The van der Waals surface area contributed by atoms with Crippen molar-refractivity contribution < 1.29 is 36.9 Å². The standard InChI is InChI=1S/C49H63F3N6O5Si/c1-31(2)64(32(3)4,33(5)6)22-17-37-40(51)16-15-35-23-36(62-30-60-10)24-38(41(35)37)43-42(52)44-39(27-53-43)45(57-20-12-11-13-21-58(57)47(59)63-48(7,8)9)55-46(54-44)61-29-49-18-14-19-56(49)28-34(25-49)26-50/h15-16,23-24,26-27,31-33H,11-14,18-21,25,28-30H2,1-10H3/b34-26+. The van der Waals surface area contributed by atoms with Gasteiger partial charge in [-0.2, -0.15) is 9.97 Å². The van der Waals surface area contributed by atoms with Crippen LogP contribution >= 0.6 is 0 Å². The number of aromatic nitrogens is 3. The van der Waals surface area contributed by atoms with Crippen LogP contribution in [0.2, 0.25) is 16.6 Å². The molecule has 3 fully saturated rings. The van der Waals surface area contributed by atoms with Gasteiger partial charge in [-0.3, -0.25) is 14.9 Å². The maximum absolute atomic E-state index is 18.0. The summed E-state index contributed by atoms with van der Waals surface area (Å²) in [6, 6.07) is 6.29. The quantitative estimate of drug-likeness (QED) is 0.0821. The molecule has 0 radical (unpaired) electrons. The molecule has 64 heavy (non-hydrogen) atoms. The van der Waals surface area contributed by atoms with Crippen LogP contribution in [0.15, 0.2) is 42.4 Å². The fourth-order valence-electron chi connectivity index (χ4n) is 10.3. The van der Waals surface area contributed by atoms with E-state index < -0.39 is 36.9 Å². The number of methoxy groups -OCH3 is 1. The van der Waals surface area contributed by atoms with E-state index in [9.17, 15) is 9.18 Å². The number of ether oxygens (including phenoxy) is 4. The summed E-state index contributed by atoms with van der Waals surface area (Å²) in [7, 11) is -0.839. The average Bonchev–Trinajstić information content (AvgIpc) is 3.68. The van der Waals surface area contributed by atoms with E-state index in [-0.39, 0.29) is 53.0 Å². The summed E-state index contributed by atoms with van der Waals surface area (Å²) in [4.78, 5) is 30.5. The zero-order valence-corrected chi connectivity index (χ0v) is 40.0. The van der Waals surface area contributed by atoms with Crippen LogP contribution in [-0.2, 0) is 9.47 Å². The van der Waals surface area contributed by atoms with Gasteiger partial charge in [0.25, 0.3) is 0 Å². The van der Waals surface area contributed by atoms with Crippen molar-refractivity contribution in [2.45, 2.75) is 129 Å². The number of benzene rings is 2. The molecule has 1 amide bonds. The van der Waals surface area contributed by atoms with Crippen molar-refractivity contribution in [2.75, 3.05) is 51.7 Å². The number of hydrogen-bond donors (Lipinski definition) is 0. The maximum Gasteiger partial charge on any atom is 0.429 e. The molecule has 3 aliphatic heterocycles. The summed E-state index contributed by atoms with van der Waals surface area (Å²) >= 11 is 0. The van der Waals surface area contributed by atoms with Crippen LogP contribution in [0.1, 0.15) is 106 Å². The van der Waals surface area contributed by atoms with E-state index in [4.69, 9.17) is 33.9 Å². The van der Waals surface area contributed by atoms with E-state index in [0.29, 0.717) is 77.5 Å². The molecule has 15 heteroatoms. The Hall–Kier alpha value is -4.91. The molecular weight excluding hydrogens is 838 g/mol. The third-order valence-electron chi connectivity index (χ3n) is 13.2. The summed E-state index contributed by atoms with van der Waals surface area (Å²) in [5, 5.41) is 4.41. The second kappa shape index (κ2) is 18.9. The number of carbonyl (C=O) groups is 1. The number of rotatable bonds is 11. The minimum atomic E-state index is -2.34. The molecule has 0 aliphatic carbocycles. The molecule has 344 valence electrons. The van der Waals surface area contributed by atoms with Gasteiger partial charge < -0.3 is 18.9 Å². The highest BCUT2D eigenvalue weighted by Crippen LogP contribution is 2.44. The normalized spacial score (nSPS) is 19.2. The van der Waals surface area contributed by atoms with Crippen LogP contribution in [0.3, 0.4) is 0 Å². The van der Waals surface area contributed by atoms with Crippen LogP contribution in [0.5, 0.6) is 11.8 Å². The summed E-state index contributed by atoms with van der Waals surface area (Å²) in [5.41, 5.74) is 4.16. The Bertz CT molecular complexity index is 2460. The van der Waals surface area contributed by atoms with E-state index in [1.54, 1.807) is 44.0 Å². The van der Waals surface area contributed by atoms with Crippen molar-refractivity contribution in [1.82, 2.24) is 24.9 Å². The van der Waals surface area contributed by atoms with Gasteiger partial charge in [-0.25, -0.2) is 23.0 Å². The minimum Gasteiger partial charge on any atom is -0.468 e. The smallest absolute Gasteiger partial charge is 0.429 e. The van der Waals surface area contributed by atoms with Gasteiger partial charge in [-0.1, -0.05) is 53.5 Å². The highest BCUT2D eigenvalue weighted by molar-refractivity contribution is 6.90. The molecule has 7 rings (SSSR count). The highest BCUT2D eigenvalue weighted by atomic mass is 28.3. The van der Waals surface area contributed by atoms with E-state index in [1.807, 2.05) is 0 Å². The molecule has 1 unspecified atom stereocenters. The third kappa shape index (κ3) is 9.15. The lowest BCUT2D eigenvalue weighted by Crippen LogP contribution is -2.49. The van der Waals surface area contributed by atoms with Crippen molar-refractivity contribution in [3.8, 4) is 34.5 Å².